The molecule has 0 amide bonds. The summed E-state index contributed by atoms with van der Waals surface area (Å²) >= 11 is 6.90. The van der Waals surface area contributed by atoms with Crippen LogP contribution >= 0.6 is 31.9 Å². The molecule has 0 aromatic heterocycles. The maximum Gasteiger partial charge on any atom is 0.303 e. The van der Waals surface area contributed by atoms with Crippen LogP contribution in [0.15, 0.2) is 22.7 Å². The Bertz CT molecular complexity index is 332. The smallest absolute Gasteiger partial charge is 0.303 e. The van der Waals surface area contributed by atoms with E-state index in [0.717, 1.165) is 12.0 Å². The van der Waals surface area contributed by atoms with Crippen LogP contribution in [0.1, 0.15) is 27.2 Å². The van der Waals surface area contributed by atoms with Crippen molar-refractivity contribution in [1.82, 2.24) is 0 Å². The predicted molar refractivity (Wildman–Crippen MR) is 72.8 cm³/mol. The monoisotopic (exact) mass is 350 g/mol. The van der Waals surface area contributed by atoms with E-state index in [1.165, 1.54) is 6.92 Å². The molecule has 0 unspecified atom stereocenters. The van der Waals surface area contributed by atoms with Crippen LogP contribution in [0.5, 0.6) is 0 Å². The third-order valence-electron chi connectivity index (χ3n) is 2.70. The highest BCUT2D eigenvalue weighted by Crippen LogP contribution is 2.40. The lowest BCUT2D eigenvalue weighted by Gasteiger charge is -2.36. The van der Waals surface area contributed by atoms with Crippen molar-refractivity contribution in [2.75, 3.05) is 0 Å². The minimum absolute atomic E-state index is 0.0679. The molecule has 0 N–H and O–H groups in total. The third kappa shape index (κ3) is 3.45. The van der Waals surface area contributed by atoms with Crippen molar-refractivity contribution in [2.24, 2.45) is 5.41 Å². The molecule has 1 rings (SSSR count). The summed E-state index contributed by atoms with van der Waals surface area (Å²) in [5.74, 6) is -0.238. The van der Waals surface area contributed by atoms with Crippen LogP contribution in [0.3, 0.4) is 0 Å². The molecule has 16 heavy (non-hydrogen) atoms. The fourth-order valence-electron chi connectivity index (χ4n) is 1.79. The molecule has 2 nitrogen and oxygen atoms in total. The molecule has 0 heterocycles. The highest BCUT2D eigenvalue weighted by Gasteiger charge is 2.35. The first-order chi connectivity index (χ1) is 7.36. The Morgan fingerprint density at radius 1 is 1.62 bits per heavy atom. The Morgan fingerprint density at radius 2 is 2.25 bits per heavy atom. The predicted octanol–water partition coefficient (Wildman–Crippen LogP) is 3.95. The Hall–Kier alpha value is -0.0900. The maximum atomic E-state index is 11.0. The van der Waals surface area contributed by atoms with Crippen molar-refractivity contribution in [2.45, 2.75) is 38.1 Å². The Labute approximate surface area is 113 Å². The molecule has 4 heteroatoms. The summed E-state index contributed by atoms with van der Waals surface area (Å²) in [6, 6.07) is 0. The second-order valence-electron chi connectivity index (χ2n) is 4.56. The number of halogens is 2. The fourth-order valence-corrected chi connectivity index (χ4v) is 2.56. The van der Waals surface area contributed by atoms with Gasteiger partial charge in [0.1, 0.15) is 6.10 Å². The Kier molecular flexibility index (Phi) is 4.80. The zero-order valence-corrected chi connectivity index (χ0v) is 12.8. The summed E-state index contributed by atoms with van der Waals surface area (Å²) in [5, 5.41) is 0. The van der Waals surface area contributed by atoms with E-state index in [2.05, 4.69) is 51.8 Å². The van der Waals surface area contributed by atoms with Crippen molar-refractivity contribution < 1.29 is 9.53 Å². The van der Waals surface area contributed by atoms with Gasteiger partial charge in [0.2, 0.25) is 0 Å². The lowest BCUT2D eigenvalue weighted by molar-refractivity contribution is -0.145. The molecular weight excluding hydrogens is 336 g/mol. The summed E-state index contributed by atoms with van der Waals surface area (Å²) in [6.45, 7) is 5.77. The summed E-state index contributed by atoms with van der Waals surface area (Å²) in [5.41, 5.74) is 1.12. The van der Waals surface area contributed by atoms with Crippen molar-refractivity contribution >= 4 is 37.8 Å². The number of ether oxygens (including phenoxy) is 1. The average molecular weight is 352 g/mol. The molecule has 1 aliphatic rings. The third-order valence-corrected chi connectivity index (χ3v) is 4.52. The van der Waals surface area contributed by atoms with Gasteiger partial charge in [-0.2, -0.15) is 0 Å². The van der Waals surface area contributed by atoms with E-state index in [-0.39, 0.29) is 17.5 Å². The molecule has 0 spiro atoms. The molecule has 2 atom stereocenters. The van der Waals surface area contributed by atoms with E-state index in [1.807, 2.05) is 6.08 Å². The standard InChI is InChI=1S/C12H16Br2O2/c1-8(15)16-10-6-11(14)12(2,3)7-9(10)4-5-13/h4-5,7,10-11H,6H2,1-3H3/b5-4+/t10-,11-/m0/s1. The minimum atomic E-state index is -0.238. The highest BCUT2D eigenvalue weighted by atomic mass is 79.9. The number of allylic oxidation sites excluding steroid dienone is 1. The van der Waals surface area contributed by atoms with E-state index < -0.39 is 0 Å². The van der Waals surface area contributed by atoms with E-state index in [4.69, 9.17) is 4.74 Å². The second kappa shape index (κ2) is 5.50. The van der Waals surface area contributed by atoms with Gasteiger partial charge < -0.3 is 4.74 Å². The normalized spacial score (nSPS) is 28.9. The van der Waals surface area contributed by atoms with Gasteiger partial charge in [-0.3, -0.25) is 4.79 Å². The number of alkyl halides is 1. The van der Waals surface area contributed by atoms with Crippen molar-refractivity contribution in [3.05, 3.63) is 22.7 Å². The van der Waals surface area contributed by atoms with Crippen LogP contribution in [-0.4, -0.2) is 16.9 Å². The zero-order chi connectivity index (χ0) is 12.3. The van der Waals surface area contributed by atoms with Crippen LogP contribution in [0.25, 0.3) is 0 Å². The number of carbonyl (C=O) groups is 1. The Morgan fingerprint density at radius 3 is 2.75 bits per heavy atom. The number of esters is 1. The average Bonchev–Trinajstić information content (AvgIpc) is 2.13. The van der Waals surface area contributed by atoms with Crippen molar-refractivity contribution in [3.8, 4) is 0 Å². The number of hydrogen-bond donors (Lipinski definition) is 0. The van der Waals surface area contributed by atoms with Gasteiger partial charge in [-0.1, -0.05) is 51.8 Å². The summed E-state index contributed by atoms with van der Waals surface area (Å²) in [6.07, 6.45) is 4.74. The van der Waals surface area contributed by atoms with Gasteiger partial charge in [-0.05, 0) is 22.0 Å². The van der Waals surface area contributed by atoms with Gasteiger partial charge in [0.05, 0.1) is 0 Å². The van der Waals surface area contributed by atoms with Gasteiger partial charge in [0.15, 0.2) is 0 Å². The first-order valence-corrected chi connectivity index (χ1v) is 7.00. The van der Waals surface area contributed by atoms with E-state index in [0.29, 0.717) is 4.83 Å². The highest BCUT2D eigenvalue weighted by molar-refractivity contribution is 9.11. The lowest BCUT2D eigenvalue weighted by atomic mass is 9.78. The topological polar surface area (TPSA) is 26.3 Å². The number of hydrogen-bond acceptors (Lipinski definition) is 2. The maximum absolute atomic E-state index is 11.0. The molecule has 0 radical (unpaired) electrons. The van der Waals surface area contributed by atoms with Gasteiger partial charge >= 0.3 is 5.97 Å². The summed E-state index contributed by atoms with van der Waals surface area (Å²) < 4.78 is 5.31. The number of carbonyl (C=O) groups excluding carboxylic acids is 1. The van der Waals surface area contributed by atoms with E-state index in [9.17, 15) is 4.79 Å². The molecule has 0 bridgehead atoms. The first kappa shape index (κ1) is 14.0. The Balaban J connectivity index is 2.97. The van der Waals surface area contributed by atoms with Crippen LogP contribution in [0.4, 0.5) is 0 Å². The summed E-state index contributed by atoms with van der Waals surface area (Å²) in [7, 11) is 0. The quantitative estimate of drug-likeness (QED) is 0.556. The summed E-state index contributed by atoms with van der Waals surface area (Å²) in [4.78, 5) is 13.1. The van der Waals surface area contributed by atoms with Crippen LogP contribution in [-0.2, 0) is 9.53 Å². The molecule has 0 fully saturated rings. The largest absolute Gasteiger partial charge is 0.458 e. The van der Waals surface area contributed by atoms with Crippen LogP contribution < -0.4 is 0 Å². The molecule has 0 aromatic carbocycles. The van der Waals surface area contributed by atoms with Gasteiger partial charge in [-0.15, -0.1) is 0 Å². The molecule has 90 valence electrons. The minimum Gasteiger partial charge on any atom is -0.458 e. The second-order valence-corrected chi connectivity index (χ2v) is 6.19. The lowest BCUT2D eigenvalue weighted by Crippen LogP contribution is -2.35. The van der Waals surface area contributed by atoms with Gasteiger partial charge in [0, 0.05) is 18.2 Å². The van der Waals surface area contributed by atoms with Gasteiger partial charge in [-0.25, -0.2) is 0 Å². The molecule has 0 saturated carbocycles. The first-order valence-electron chi connectivity index (χ1n) is 5.17. The van der Waals surface area contributed by atoms with E-state index >= 15 is 0 Å². The van der Waals surface area contributed by atoms with Gasteiger partial charge in [0.25, 0.3) is 0 Å². The van der Waals surface area contributed by atoms with Crippen LogP contribution in [0.2, 0.25) is 0 Å². The fraction of sp³-hybridized carbons (Fsp3) is 0.583. The number of rotatable bonds is 2. The van der Waals surface area contributed by atoms with Crippen molar-refractivity contribution in [1.29, 1.82) is 0 Å². The molecular formula is C12H16Br2O2. The van der Waals surface area contributed by atoms with Crippen molar-refractivity contribution in [3.63, 3.8) is 0 Å². The molecule has 0 aromatic rings. The zero-order valence-electron chi connectivity index (χ0n) is 9.67. The van der Waals surface area contributed by atoms with Crippen LogP contribution in [0, 0.1) is 5.41 Å². The molecule has 0 aliphatic heterocycles. The van der Waals surface area contributed by atoms with E-state index in [1.54, 1.807) is 4.99 Å². The molecule has 1 aliphatic carbocycles. The molecule has 0 saturated heterocycles. The SMILES string of the molecule is CC(=O)O[C@H]1C[C@H](Br)C(C)(C)C=C1/C=C/Br.